The van der Waals surface area contributed by atoms with E-state index in [1.165, 1.54) is 14.2 Å². The Morgan fingerprint density at radius 1 is 0.957 bits per heavy atom. The maximum absolute atomic E-state index is 11.9. The lowest BCUT2D eigenvalue weighted by Crippen LogP contribution is -2.11. The lowest BCUT2D eigenvalue weighted by molar-refractivity contribution is -0.139. The van der Waals surface area contributed by atoms with E-state index in [4.69, 9.17) is 9.47 Å². The van der Waals surface area contributed by atoms with E-state index in [-0.39, 0.29) is 6.42 Å². The van der Waals surface area contributed by atoms with Crippen molar-refractivity contribution in [3.8, 4) is 5.75 Å². The van der Waals surface area contributed by atoms with Crippen molar-refractivity contribution < 1.29 is 23.8 Å². The molecule has 0 aliphatic carbocycles. The van der Waals surface area contributed by atoms with Crippen LogP contribution in [-0.2, 0) is 27.3 Å². The summed E-state index contributed by atoms with van der Waals surface area (Å²) in [4.78, 5) is 23.3. The van der Waals surface area contributed by atoms with Gasteiger partial charge in [0.15, 0.2) is 0 Å². The van der Waals surface area contributed by atoms with Gasteiger partial charge < -0.3 is 14.2 Å². The second-order valence-electron chi connectivity index (χ2n) is 4.84. The number of rotatable bonds is 6. The number of benzene rings is 2. The van der Waals surface area contributed by atoms with Gasteiger partial charge in [-0.15, -0.1) is 0 Å². The molecule has 0 fully saturated rings. The molecule has 23 heavy (non-hydrogen) atoms. The Morgan fingerprint density at radius 2 is 1.70 bits per heavy atom. The highest BCUT2D eigenvalue weighted by Crippen LogP contribution is 2.21. The van der Waals surface area contributed by atoms with E-state index in [1.807, 2.05) is 30.3 Å². The fourth-order valence-corrected chi connectivity index (χ4v) is 2.07. The lowest BCUT2D eigenvalue weighted by Gasteiger charge is -2.11. The number of carbonyl (C=O) groups is 2. The topological polar surface area (TPSA) is 61.8 Å². The van der Waals surface area contributed by atoms with E-state index in [0.29, 0.717) is 23.5 Å². The second-order valence-corrected chi connectivity index (χ2v) is 4.84. The number of hydrogen-bond donors (Lipinski definition) is 0. The average Bonchev–Trinajstić information content (AvgIpc) is 2.60. The molecule has 2 aromatic rings. The van der Waals surface area contributed by atoms with Crippen molar-refractivity contribution >= 4 is 11.9 Å². The number of carbonyl (C=O) groups excluding carboxylic acids is 2. The maximum atomic E-state index is 11.9. The number of hydrogen-bond acceptors (Lipinski definition) is 5. The molecule has 120 valence electrons. The van der Waals surface area contributed by atoms with Crippen molar-refractivity contribution in [2.24, 2.45) is 0 Å². The molecule has 0 radical (unpaired) electrons. The van der Waals surface area contributed by atoms with Crippen LogP contribution in [0.5, 0.6) is 5.75 Å². The van der Waals surface area contributed by atoms with Crippen LogP contribution in [0.15, 0.2) is 48.5 Å². The molecule has 0 aromatic heterocycles. The second kappa shape index (κ2) is 7.98. The van der Waals surface area contributed by atoms with Crippen molar-refractivity contribution in [2.45, 2.75) is 13.0 Å². The predicted octanol–water partition coefficient (Wildman–Crippen LogP) is 2.77. The summed E-state index contributed by atoms with van der Waals surface area (Å²) in [7, 11) is 2.60. The Morgan fingerprint density at radius 3 is 2.35 bits per heavy atom. The molecule has 0 unspecified atom stereocenters. The Balaban J connectivity index is 2.18. The molecular formula is C18H18O5. The third kappa shape index (κ3) is 4.57. The van der Waals surface area contributed by atoms with E-state index in [1.54, 1.807) is 18.2 Å². The molecule has 0 aliphatic heterocycles. The van der Waals surface area contributed by atoms with Gasteiger partial charge in [-0.1, -0.05) is 36.4 Å². The third-order valence-electron chi connectivity index (χ3n) is 3.30. The molecule has 5 heteroatoms. The van der Waals surface area contributed by atoms with Crippen LogP contribution in [0.2, 0.25) is 0 Å². The summed E-state index contributed by atoms with van der Waals surface area (Å²) in [6.45, 7) is 0.387. The van der Waals surface area contributed by atoms with Gasteiger partial charge in [-0.2, -0.15) is 0 Å². The summed E-state index contributed by atoms with van der Waals surface area (Å²) in [5, 5.41) is 0. The smallest absolute Gasteiger partial charge is 0.338 e. The SMILES string of the molecule is COC(=O)Cc1ccc(OCc2ccccc2)cc1C(=O)OC. The number of ether oxygens (including phenoxy) is 3. The van der Waals surface area contributed by atoms with E-state index in [2.05, 4.69) is 4.74 Å². The van der Waals surface area contributed by atoms with Crippen LogP contribution in [0.1, 0.15) is 21.5 Å². The molecule has 0 aliphatic rings. The van der Waals surface area contributed by atoms with Gasteiger partial charge in [0, 0.05) is 0 Å². The van der Waals surface area contributed by atoms with Crippen molar-refractivity contribution in [2.75, 3.05) is 14.2 Å². The van der Waals surface area contributed by atoms with Gasteiger partial charge in [-0.3, -0.25) is 4.79 Å². The Labute approximate surface area is 134 Å². The molecule has 2 rings (SSSR count). The molecule has 0 bridgehead atoms. The first kappa shape index (κ1) is 16.5. The zero-order valence-corrected chi connectivity index (χ0v) is 13.1. The van der Waals surface area contributed by atoms with Crippen LogP contribution in [0.3, 0.4) is 0 Å². The van der Waals surface area contributed by atoms with Gasteiger partial charge >= 0.3 is 11.9 Å². The first-order chi connectivity index (χ1) is 11.1. The molecule has 0 spiro atoms. The summed E-state index contributed by atoms with van der Waals surface area (Å²) >= 11 is 0. The molecule has 0 amide bonds. The molecule has 0 saturated carbocycles. The minimum atomic E-state index is -0.519. The van der Waals surface area contributed by atoms with Gasteiger partial charge in [0.2, 0.25) is 0 Å². The highest BCUT2D eigenvalue weighted by atomic mass is 16.5. The molecule has 0 N–H and O–H groups in total. The van der Waals surface area contributed by atoms with Crippen molar-refractivity contribution in [1.82, 2.24) is 0 Å². The van der Waals surface area contributed by atoms with Gasteiger partial charge in [0.05, 0.1) is 26.2 Å². The van der Waals surface area contributed by atoms with Crippen LogP contribution < -0.4 is 4.74 Å². The fourth-order valence-electron chi connectivity index (χ4n) is 2.07. The first-order valence-corrected chi connectivity index (χ1v) is 7.09. The summed E-state index contributed by atoms with van der Waals surface area (Å²) in [5.74, 6) is -0.412. The van der Waals surface area contributed by atoms with E-state index < -0.39 is 11.9 Å². The van der Waals surface area contributed by atoms with Gasteiger partial charge in [0.1, 0.15) is 12.4 Å². The van der Waals surface area contributed by atoms with Crippen molar-refractivity contribution in [3.05, 3.63) is 65.2 Å². The first-order valence-electron chi connectivity index (χ1n) is 7.09. The van der Waals surface area contributed by atoms with Gasteiger partial charge in [-0.05, 0) is 23.3 Å². The number of methoxy groups -OCH3 is 2. The van der Waals surface area contributed by atoms with Crippen LogP contribution >= 0.6 is 0 Å². The fraction of sp³-hybridized carbons (Fsp3) is 0.222. The lowest BCUT2D eigenvalue weighted by atomic mass is 10.0. The quantitative estimate of drug-likeness (QED) is 0.767. The summed E-state index contributed by atoms with van der Waals surface area (Å²) < 4.78 is 15.1. The monoisotopic (exact) mass is 314 g/mol. The standard InChI is InChI=1S/C18H18O5/c1-21-17(19)10-14-8-9-15(11-16(14)18(20)22-2)23-12-13-6-4-3-5-7-13/h3-9,11H,10,12H2,1-2H3. The minimum Gasteiger partial charge on any atom is -0.489 e. The van der Waals surface area contributed by atoms with E-state index in [0.717, 1.165) is 5.56 Å². The summed E-state index contributed by atoms with van der Waals surface area (Å²) in [5.41, 5.74) is 1.85. The summed E-state index contributed by atoms with van der Waals surface area (Å²) in [6.07, 6.45) is -0.000101. The highest BCUT2D eigenvalue weighted by Gasteiger charge is 2.16. The Hall–Kier alpha value is -2.82. The largest absolute Gasteiger partial charge is 0.489 e. The van der Waals surface area contributed by atoms with Crippen LogP contribution in [0, 0.1) is 0 Å². The average molecular weight is 314 g/mol. The summed E-state index contributed by atoms with van der Waals surface area (Å²) in [6, 6.07) is 14.7. The molecule has 0 atom stereocenters. The molecule has 0 heterocycles. The van der Waals surface area contributed by atoms with Crippen LogP contribution in [0.4, 0.5) is 0 Å². The zero-order valence-electron chi connectivity index (χ0n) is 13.1. The highest BCUT2D eigenvalue weighted by molar-refractivity contribution is 5.93. The van der Waals surface area contributed by atoms with Crippen molar-refractivity contribution in [3.63, 3.8) is 0 Å². The van der Waals surface area contributed by atoms with Gasteiger partial charge in [0.25, 0.3) is 0 Å². The molecule has 2 aromatic carbocycles. The molecule has 0 saturated heterocycles. The Bertz CT molecular complexity index is 679. The van der Waals surface area contributed by atoms with Crippen LogP contribution in [0.25, 0.3) is 0 Å². The van der Waals surface area contributed by atoms with Gasteiger partial charge in [-0.25, -0.2) is 4.79 Å². The zero-order chi connectivity index (χ0) is 16.7. The molecule has 5 nitrogen and oxygen atoms in total. The molecular weight excluding hydrogens is 296 g/mol. The van der Waals surface area contributed by atoms with Crippen LogP contribution in [-0.4, -0.2) is 26.2 Å². The maximum Gasteiger partial charge on any atom is 0.338 e. The van der Waals surface area contributed by atoms with Crippen molar-refractivity contribution in [1.29, 1.82) is 0 Å². The number of esters is 2. The van der Waals surface area contributed by atoms with E-state index in [9.17, 15) is 9.59 Å². The van der Waals surface area contributed by atoms with E-state index >= 15 is 0 Å². The predicted molar refractivity (Wildman–Crippen MR) is 84.3 cm³/mol. The minimum absolute atomic E-state index is 0.000101. The normalized spacial score (nSPS) is 10.0. The third-order valence-corrected chi connectivity index (χ3v) is 3.30. The Kier molecular flexibility index (Phi) is 5.74.